The molecule has 4 heterocycles. The van der Waals surface area contributed by atoms with E-state index in [-0.39, 0.29) is 23.9 Å². The number of likely N-dealkylation sites (tertiary alicyclic amines) is 1. The van der Waals surface area contributed by atoms with Crippen molar-refractivity contribution in [1.82, 2.24) is 19.9 Å². The predicted octanol–water partition coefficient (Wildman–Crippen LogP) is 6.09. The van der Waals surface area contributed by atoms with Gasteiger partial charge in [-0.25, -0.2) is 9.18 Å². The number of nitrogens with one attached hydrogen (secondary N) is 2. The Balaban J connectivity index is 1.18. The number of rotatable bonds is 6. The summed E-state index contributed by atoms with van der Waals surface area (Å²) in [5.74, 6) is 1.10. The summed E-state index contributed by atoms with van der Waals surface area (Å²) >= 11 is 0. The van der Waals surface area contributed by atoms with Crippen LogP contribution in [0.15, 0.2) is 83.4 Å². The standard InChI is InChI=1S/C34H34FN5O4/c1-43-26-11-12-27-28(18-26)37-32-29(20-41)40(33(42)36-24-9-7-23(35)8-10-24)21-34(31(27)32)13-15-39(16-14-34)19-25-17-30(44-38-25)22-5-3-2-4-6-22/h2-12,17-18,29,37,41H,13-16,19-21H2,1H3,(H,36,42)/t29-/m1/s1. The molecule has 0 aliphatic carbocycles. The van der Waals surface area contributed by atoms with Gasteiger partial charge in [-0.15, -0.1) is 0 Å². The Labute approximate surface area is 254 Å². The van der Waals surface area contributed by atoms with Crippen molar-refractivity contribution in [1.29, 1.82) is 0 Å². The van der Waals surface area contributed by atoms with Gasteiger partial charge >= 0.3 is 6.03 Å². The number of ether oxygens (including phenoxy) is 1. The maximum atomic E-state index is 13.7. The van der Waals surface area contributed by atoms with Crippen molar-refractivity contribution in [3.05, 3.63) is 102 Å². The van der Waals surface area contributed by atoms with Crippen LogP contribution < -0.4 is 10.1 Å². The first-order chi connectivity index (χ1) is 21.5. The Morgan fingerprint density at radius 2 is 1.89 bits per heavy atom. The number of aliphatic hydroxyl groups is 1. The second kappa shape index (κ2) is 11.4. The molecular weight excluding hydrogens is 561 g/mol. The first-order valence-corrected chi connectivity index (χ1v) is 14.8. The lowest BCUT2D eigenvalue weighted by atomic mass is 9.68. The molecule has 1 saturated heterocycles. The molecule has 7 rings (SSSR count). The van der Waals surface area contributed by atoms with E-state index in [1.54, 1.807) is 12.0 Å². The van der Waals surface area contributed by atoms with Crippen molar-refractivity contribution in [2.75, 3.05) is 38.7 Å². The van der Waals surface area contributed by atoms with E-state index in [2.05, 4.69) is 26.4 Å². The third-order valence-corrected chi connectivity index (χ3v) is 9.09. The van der Waals surface area contributed by atoms with Gasteiger partial charge in [0.1, 0.15) is 11.6 Å². The Morgan fingerprint density at radius 1 is 1.11 bits per heavy atom. The van der Waals surface area contributed by atoms with E-state index in [4.69, 9.17) is 9.26 Å². The molecule has 2 amide bonds. The van der Waals surface area contributed by atoms with Gasteiger partial charge in [-0.3, -0.25) is 4.90 Å². The zero-order chi connectivity index (χ0) is 30.3. The number of halogens is 1. The van der Waals surface area contributed by atoms with Crippen LogP contribution in [-0.4, -0.2) is 64.4 Å². The number of carbonyl (C=O) groups excluding carboxylic acids is 1. The van der Waals surface area contributed by atoms with Crippen LogP contribution >= 0.6 is 0 Å². The van der Waals surface area contributed by atoms with E-state index in [1.807, 2.05) is 48.5 Å². The van der Waals surface area contributed by atoms with Crippen LogP contribution in [-0.2, 0) is 12.0 Å². The Kier molecular flexibility index (Phi) is 7.31. The van der Waals surface area contributed by atoms with Crippen LogP contribution in [0, 0.1) is 5.82 Å². The fraction of sp³-hybridized carbons (Fsp3) is 0.294. The molecule has 0 radical (unpaired) electrons. The zero-order valence-electron chi connectivity index (χ0n) is 24.4. The van der Waals surface area contributed by atoms with Gasteiger partial charge in [0.2, 0.25) is 0 Å². The molecule has 3 aromatic carbocycles. The largest absolute Gasteiger partial charge is 0.497 e. The lowest BCUT2D eigenvalue weighted by molar-refractivity contribution is 0.0702. The zero-order valence-corrected chi connectivity index (χ0v) is 24.4. The molecule has 226 valence electrons. The van der Waals surface area contributed by atoms with Crippen LogP contribution in [0.5, 0.6) is 5.75 Å². The average Bonchev–Trinajstić information content (AvgIpc) is 3.68. The number of H-pyrrole nitrogens is 1. The maximum Gasteiger partial charge on any atom is 0.322 e. The van der Waals surface area contributed by atoms with E-state index < -0.39 is 6.04 Å². The van der Waals surface area contributed by atoms with Crippen LogP contribution in [0.3, 0.4) is 0 Å². The van der Waals surface area contributed by atoms with Crippen molar-refractivity contribution >= 4 is 22.6 Å². The molecule has 0 unspecified atom stereocenters. The normalized spacial score (nSPS) is 18.0. The highest BCUT2D eigenvalue weighted by Crippen LogP contribution is 2.49. The maximum absolute atomic E-state index is 13.7. The summed E-state index contributed by atoms with van der Waals surface area (Å²) in [6.45, 7) is 2.46. The Bertz CT molecular complexity index is 1780. The number of nitrogens with zero attached hydrogens (tertiary/aromatic N) is 3. The van der Waals surface area contributed by atoms with E-state index in [0.717, 1.165) is 70.9 Å². The van der Waals surface area contributed by atoms with E-state index in [0.29, 0.717) is 18.8 Å². The molecule has 3 N–H and O–H groups in total. The highest BCUT2D eigenvalue weighted by atomic mass is 19.1. The minimum absolute atomic E-state index is 0.244. The first kappa shape index (κ1) is 28.1. The molecule has 1 fully saturated rings. The Morgan fingerprint density at radius 3 is 2.61 bits per heavy atom. The molecule has 0 bridgehead atoms. The van der Waals surface area contributed by atoms with Crippen LogP contribution in [0.25, 0.3) is 22.2 Å². The lowest BCUT2D eigenvalue weighted by Gasteiger charge is -2.50. The number of aromatic nitrogens is 2. The molecule has 5 aromatic rings. The SMILES string of the molecule is COc1ccc2c3c([nH]c2c1)[C@@H](CO)N(C(=O)Nc1ccc(F)cc1)CC31CCN(Cc2cc(-c3ccccc3)on2)CC1. The molecule has 2 aromatic heterocycles. The minimum atomic E-state index is -0.570. The predicted molar refractivity (Wildman–Crippen MR) is 165 cm³/mol. The van der Waals surface area contributed by atoms with Crippen LogP contribution in [0.1, 0.15) is 35.8 Å². The average molecular weight is 596 g/mol. The van der Waals surface area contributed by atoms with Crippen molar-refractivity contribution in [3.8, 4) is 17.1 Å². The molecule has 10 heteroatoms. The van der Waals surface area contributed by atoms with E-state index in [9.17, 15) is 14.3 Å². The number of methoxy groups -OCH3 is 1. The van der Waals surface area contributed by atoms with Gasteiger partial charge in [-0.1, -0.05) is 35.5 Å². The molecule has 1 atom stereocenters. The fourth-order valence-electron chi connectivity index (χ4n) is 6.85. The fourth-order valence-corrected chi connectivity index (χ4v) is 6.85. The number of hydrogen-bond acceptors (Lipinski definition) is 6. The lowest BCUT2D eigenvalue weighted by Crippen LogP contribution is -2.56. The quantitative estimate of drug-likeness (QED) is 0.220. The van der Waals surface area contributed by atoms with Gasteiger partial charge in [-0.2, -0.15) is 0 Å². The third kappa shape index (κ3) is 5.10. The number of piperidine rings is 1. The number of carbonyl (C=O) groups is 1. The van der Waals surface area contributed by atoms with Gasteiger partial charge in [0.25, 0.3) is 0 Å². The summed E-state index contributed by atoms with van der Waals surface area (Å²) in [6.07, 6.45) is 1.61. The number of urea groups is 1. The number of aromatic amines is 1. The smallest absolute Gasteiger partial charge is 0.322 e. The third-order valence-electron chi connectivity index (χ3n) is 9.09. The van der Waals surface area contributed by atoms with Crippen LogP contribution in [0.2, 0.25) is 0 Å². The van der Waals surface area contributed by atoms with Crippen LogP contribution in [0.4, 0.5) is 14.9 Å². The highest BCUT2D eigenvalue weighted by molar-refractivity contribution is 5.92. The van der Waals surface area contributed by atoms with Crippen molar-refractivity contribution in [2.24, 2.45) is 0 Å². The minimum Gasteiger partial charge on any atom is -0.497 e. The number of fused-ring (bicyclic) bond motifs is 4. The van der Waals surface area contributed by atoms with Gasteiger partial charge < -0.3 is 29.6 Å². The summed E-state index contributed by atoms with van der Waals surface area (Å²) in [6, 6.07) is 22.7. The van der Waals surface area contributed by atoms with Crippen molar-refractivity contribution < 1.29 is 23.6 Å². The molecule has 0 saturated carbocycles. The number of aliphatic hydroxyl groups excluding tert-OH is 1. The number of amides is 2. The second-order valence-corrected chi connectivity index (χ2v) is 11.7. The number of anilines is 1. The first-order valence-electron chi connectivity index (χ1n) is 14.8. The molecule has 2 aliphatic rings. The second-order valence-electron chi connectivity index (χ2n) is 11.7. The molecule has 2 aliphatic heterocycles. The molecular formula is C34H34FN5O4. The monoisotopic (exact) mass is 595 g/mol. The van der Waals surface area contributed by atoms with Crippen molar-refractivity contribution in [3.63, 3.8) is 0 Å². The number of hydrogen-bond donors (Lipinski definition) is 3. The molecule has 44 heavy (non-hydrogen) atoms. The van der Waals surface area contributed by atoms with Gasteiger partial charge in [0.15, 0.2) is 5.76 Å². The summed E-state index contributed by atoms with van der Waals surface area (Å²) in [5, 5.41) is 18.9. The summed E-state index contributed by atoms with van der Waals surface area (Å²) in [5.41, 5.74) is 4.93. The van der Waals surface area contributed by atoms with Gasteiger partial charge in [-0.05, 0) is 67.9 Å². The summed E-state index contributed by atoms with van der Waals surface area (Å²) in [7, 11) is 1.64. The van der Waals surface area contributed by atoms with E-state index >= 15 is 0 Å². The molecule has 9 nitrogen and oxygen atoms in total. The summed E-state index contributed by atoms with van der Waals surface area (Å²) in [4.78, 5) is 21.4. The van der Waals surface area contributed by atoms with Gasteiger partial charge in [0, 0.05) is 58.5 Å². The highest BCUT2D eigenvalue weighted by Gasteiger charge is 2.48. The summed E-state index contributed by atoms with van der Waals surface area (Å²) < 4.78 is 24.6. The van der Waals surface area contributed by atoms with E-state index in [1.165, 1.54) is 24.3 Å². The Hall–Kier alpha value is -4.67. The van der Waals surface area contributed by atoms with Gasteiger partial charge in [0.05, 0.1) is 25.5 Å². The molecule has 1 spiro atoms. The number of benzene rings is 3. The topological polar surface area (TPSA) is 107 Å². The van der Waals surface area contributed by atoms with Crippen molar-refractivity contribution in [2.45, 2.75) is 30.8 Å².